The maximum Gasteiger partial charge on any atom is 0.239 e. The van der Waals surface area contributed by atoms with Gasteiger partial charge in [-0.1, -0.05) is 49.8 Å². The Hall–Kier alpha value is -2.91. The minimum atomic E-state index is -1.51. The van der Waals surface area contributed by atoms with Crippen LogP contribution in [-0.4, -0.2) is 31.8 Å². The summed E-state index contributed by atoms with van der Waals surface area (Å²) in [7, 11) is 0.158. The van der Waals surface area contributed by atoms with Gasteiger partial charge in [0.1, 0.15) is 19.8 Å². The molecule has 0 aliphatic carbocycles. The number of nitrogens with zero attached hydrogens (tertiary/aromatic N) is 1. The van der Waals surface area contributed by atoms with Gasteiger partial charge in [0.15, 0.2) is 0 Å². The Bertz CT molecular complexity index is 988. The van der Waals surface area contributed by atoms with Crippen LogP contribution in [0.4, 0.5) is 10.1 Å². The van der Waals surface area contributed by atoms with Gasteiger partial charge < -0.3 is 10.2 Å². The number of amides is 2. The van der Waals surface area contributed by atoms with Crippen molar-refractivity contribution in [3.8, 4) is 11.5 Å². The van der Waals surface area contributed by atoms with Gasteiger partial charge in [0, 0.05) is 12.6 Å². The zero-order chi connectivity index (χ0) is 20.5. The molecule has 0 radical (unpaired) electrons. The van der Waals surface area contributed by atoms with Crippen molar-refractivity contribution in [2.75, 3.05) is 12.4 Å². The maximum atomic E-state index is 13.8. The van der Waals surface area contributed by atoms with E-state index in [1.54, 1.807) is 19.2 Å². The first-order valence-electron chi connectivity index (χ1n) is 9.12. The standard InChI is InChI=1S/C22H23FN2O2Si/c1-25-20(16-9-7-8-15(14-16)12-13-28(2,3)4)19(22(25)27)21(26)24-18-11-6-5-10-17(18)23/h5-11,14,19-20H,1-4H3,(H,24,26). The fraction of sp³-hybridized carbons (Fsp3) is 0.273. The van der Waals surface area contributed by atoms with Crippen molar-refractivity contribution < 1.29 is 14.0 Å². The molecule has 2 aromatic rings. The summed E-state index contributed by atoms with van der Waals surface area (Å²) in [5.74, 6) is 1.00. The highest BCUT2D eigenvalue weighted by Gasteiger charge is 2.50. The molecule has 1 N–H and O–H groups in total. The highest BCUT2D eigenvalue weighted by molar-refractivity contribution is 6.83. The molecule has 144 valence electrons. The lowest BCUT2D eigenvalue weighted by Gasteiger charge is -2.44. The van der Waals surface area contributed by atoms with E-state index >= 15 is 0 Å². The maximum absolute atomic E-state index is 13.8. The average Bonchev–Trinajstić information content (AvgIpc) is 2.65. The summed E-state index contributed by atoms with van der Waals surface area (Å²) in [6, 6.07) is 13.1. The number of benzene rings is 2. The van der Waals surface area contributed by atoms with Crippen LogP contribution in [0.25, 0.3) is 0 Å². The molecule has 2 unspecified atom stereocenters. The summed E-state index contributed by atoms with van der Waals surface area (Å²) < 4.78 is 13.8. The largest absolute Gasteiger partial charge is 0.337 e. The van der Waals surface area contributed by atoms with E-state index in [-0.39, 0.29) is 11.6 Å². The topological polar surface area (TPSA) is 49.4 Å². The molecular formula is C22H23FN2O2Si. The van der Waals surface area contributed by atoms with E-state index in [0.29, 0.717) is 0 Å². The quantitative estimate of drug-likeness (QED) is 0.372. The van der Waals surface area contributed by atoms with Crippen molar-refractivity contribution in [3.63, 3.8) is 0 Å². The summed E-state index contributed by atoms with van der Waals surface area (Å²) >= 11 is 0. The highest BCUT2D eigenvalue weighted by Crippen LogP contribution is 2.39. The number of hydrogen-bond acceptors (Lipinski definition) is 2. The Morgan fingerprint density at radius 2 is 1.86 bits per heavy atom. The second kappa shape index (κ2) is 7.61. The predicted molar refractivity (Wildman–Crippen MR) is 111 cm³/mol. The monoisotopic (exact) mass is 394 g/mol. The van der Waals surface area contributed by atoms with Crippen LogP contribution in [0.15, 0.2) is 48.5 Å². The number of para-hydroxylation sites is 1. The second-order valence-electron chi connectivity index (χ2n) is 7.97. The number of carbonyl (C=O) groups excluding carboxylic acids is 2. The zero-order valence-corrected chi connectivity index (χ0v) is 17.4. The average molecular weight is 395 g/mol. The van der Waals surface area contributed by atoms with Gasteiger partial charge >= 0.3 is 0 Å². The van der Waals surface area contributed by atoms with Crippen LogP contribution in [0.2, 0.25) is 19.6 Å². The van der Waals surface area contributed by atoms with E-state index in [0.717, 1.165) is 11.1 Å². The van der Waals surface area contributed by atoms with E-state index in [4.69, 9.17) is 0 Å². The van der Waals surface area contributed by atoms with Gasteiger partial charge in [0.2, 0.25) is 11.8 Å². The Kier molecular flexibility index (Phi) is 5.39. The first kappa shape index (κ1) is 19.8. The van der Waals surface area contributed by atoms with Crippen molar-refractivity contribution in [2.45, 2.75) is 25.7 Å². The van der Waals surface area contributed by atoms with E-state index < -0.39 is 31.8 Å². The van der Waals surface area contributed by atoms with E-state index in [1.165, 1.54) is 17.0 Å². The molecule has 0 aromatic heterocycles. The first-order valence-corrected chi connectivity index (χ1v) is 12.6. The molecular weight excluding hydrogens is 371 g/mol. The normalized spacial score (nSPS) is 18.8. The number of carbonyl (C=O) groups is 2. The Morgan fingerprint density at radius 1 is 1.14 bits per heavy atom. The SMILES string of the molecule is CN1C(=O)C(C(=O)Nc2ccccc2F)C1c1cccc(C#C[Si](C)(C)C)c1. The summed E-state index contributed by atoms with van der Waals surface area (Å²) in [5, 5.41) is 2.54. The number of β-lactam (4-membered cyclic amide) rings is 1. The molecule has 0 spiro atoms. The van der Waals surface area contributed by atoms with E-state index in [9.17, 15) is 14.0 Å². The van der Waals surface area contributed by atoms with Gasteiger partial charge in [-0.2, -0.15) is 0 Å². The molecule has 28 heavy (non-hydrogen) atoms. The van der Waals surface area contributed by atoms with Crippen molar-refractivity contribution in [1.82, 2.24) is 4.90 Å². The zero-order valence-electron chi connectivity index (χ0n) is 16.4. The first-order chi connectivity index (χ1) is 13.2. The third-order valence-electron chi connectivity index (χ3n) is 4.57. The summed E-state index contributed by atoms with van der Waals surface area (Å²) in [4.78, 5) is 26.6. The molecule has 1 aliphatic heterocycles. The van der Waals surface area contributed by atoms with Crippen LogP contribution in [0, 0.1) is 23.2 Å². The van der Waals surface area contributed by atoms with Crippen molar-refractivity contribution in [3.05, 3.63) is 65.5 Å². The van der Waals surface area contributed by atoms with Crippen LogP contribution in [0.5, 0.6) is 0 Å². The Balaban J connectivity index is 1.84. The highest BCUT2D eigenvalue weighted by atomic mass is 28.3. The Morgan fingerprint density at radius 3 is 2.54 bits per heavy atom. The lowest BCUT2D eigenvalue weighted by Crippen LogP contribution is -2.57. The Labute approximate surface area is 165 Å². The number of likely N-dealkylation sites (tertiary alicyclic amines) is 1. The van der Waals surface area contributed by atoms with Crippen LogP contribution in [0.3, 0.4) is 0 Å². The third-order valence-corrected chi connectivity index (χ3v) is 5.45. The van der Waals surface area contributed by atoms with Gasteiger partial charge in [-0.05, 0) is 29.8 Å². The molecule has 4 nitrogen and oxygen atoms in total. The van der Waals surface area contributed by atoms with E-state index in [2.05, 4.69) is 36.4 Å². The fourth-order valence-electron chi connectivity index (χ4n) is 3.14. The summed E-state index contributed by atoms with van der Waals surface area (Å²) in [6.07, 6.45) is 0. The molecule has 0 bridgehead atoms. The number of nitrogens with one attached hydrogen (secondary N) is 1. The van der Waals surface area contributed by atoms with Crippen molar-refractivity contribution >= 4 is 25.6 Å². The molecule has 3 rings (SSSR count). The molecule has 6 heteroatoms. The van der Waals surface area contributed by atoms with Crippen LogP contribution in [0.1, 0.15) is 17.2 Å². The number of rotatable bonds is 3. The fourth-order valence-corrected chi connectivity index (χ4v) is 3.66. The molecule has 0 saturated carbocycles. The van der Waals surface area contributed by atoms with Gasteiger partial charge in [-0.15, -0.1) is 5.54 Å². The minimum Gasteiger partial charge on any atom is -0.337 e. The summed E-state index contributed by atoms with van der Waals surface area (Å²) in [6.45, 7) is 6.52. The summed E-state index contributed by atoms with van der Waals surface area (Å²) in [5.41, 5.74) is 5.10. The number of anilines is 1. The third kappa shape index (κ3) is 4.15. The molecule has 2 aromatic carbocycles. The lowest BCUT2D eigenvalue weighted by atomic mass is 9.82. The molecule has 1 fully saturated rings. The predicted octanol–water partition coefficient (Wildman–Crippen LogP) is 3.82. The lowest BCUT2D eigenvalue weighted by molar-refractivity contribution is -0.158. The number of halogens is 1. The minimum absolute atomic E-state index is 0.0726. The molecule has 1 heterocycles. The second-order valence-corrected chi connectivity index (χ2v) is 12.7. The van der Waals surface area contributed by atoms with Crippen LogP contribution in [-0.2, 0) is 9.59 Å². The van der Waals surface area contributed by atoms with Gasteiger partial charge in [-0.25, -0.2) is 4.39 Å². The smallest absolute Gasteiger partial charge is 0.239 e. The molecule has 1 saturated heterocycles. The molecule has 2 atom stereocenters. The molecule has 1 aliphatic rings. The van der Waals surface area contributed by atoms with Crippen LogP contribution < -0.4 is 5.32 Å². The van der Waals surface area contributed by atoms with Gasteiger partial charge in [0.05, 0.1) is 11.7 Å². The van der Waals surface area contributed by atoms with E-state index in [1.807, 2.05) is 24.3 Å². The van der Waals surface area contributed by atoms with Gasteiger partial charge in [0.25, 0.3) is 0 Å². The van der Waals surface area contributed by atoms with Gasteiger partial charge in [-0.3, -0.25) is 9.59 Å². The van der Waals surface area contributed by atoms with Crippen LogP contribution >= 0.6 is 0 Å². The van der Waals surface area contributed by atoms with Crippen molar-refractivity contribution in [2.24, 2.45) is 5.92 Å². The molecule has 2 amide bonds. The van der Waals surface area contributed by atoms with Crippen molar-refractivity contribution in [1.29, 1.82) is 0 Å². The number of hydrogen-bond donors (Lipinski definition) is 1.